The molecule has 1 N–H and O–H groups in total. The topological polar surface area (TPSA) is 62.6 Å². The van der Waals surface area contributed by atoms with E-state index in [0.29, 0.717) is 5.65 Å². The van der Waals surface area contributed by atoms with Crippen LogP contribution in [0.5, 0.6) is 0 Å². The number of ether oxygens (including phenoxy) is 1. The predicted molar refractivity (Wildman–Crippen MR) is 66.8 cm³/mol. The highest BCUT2D eigenvalue weighted by Gasteiger charge is 2.11. The molecule has 0 amide bonds. The van der Waals surface area contributed by atoms with E-state index in [1.54, 1.807) is 6.07 Å². The van der Waals surface area contributed by atoms with Crippen molar-refractivity contribution >= 4 is 5.65 Å². The van der Waals surface area contributed by atoms with E-state index >= 15 is 0 Å². The lowest BCUT2D eigenvalue weighted by Gasteiger charge is -2.25. The summed E-state index contributed by atoms with van der Waals surface area (Å²) in [6.45, 7) is 4.50. The number of pyridine rings is 1. The highest BCUT2D eigenvalue weighted by Crippen LogP contribution is 2.02. The van der Waals surface area contributed by atoms with Crippen LogP contribution in [0.15, 0.2) is 23.0 Å². The normalized spacial score (nSPS) is 17.3. The van der Waals surface area contributed by atoms with Gasteiger partial charge in [-0.05, 0) is 6.07 Å². The van der Waals surface area contributed by atoms with Crippen LogP contribution in [0.4, 0.5) is 0 Å². The monoisotopic (exact) mass is 248 g/mol. The molecule has 1 fully saturated rings. The molecule has 0 atom stereocenters. The fourth-order valence-corrected chi connectivity index (χ4v) is 2.17. The zero-order valence-electron chi connectivity index (χ0n) is 10.1. The summed E-state index contributed by atoms with van der Waals surface area (Å²) in [4.78, 5) is 18.3. The van der Waals surface area contributed by atoms with E-state index in [-0.39, 0.29) is 5.56 Å². The number of aromatic nitrogens is 3. The Morgan fingerprint density at radius 2 is 2.17 bits per heavy atom. The molecule has 0 aromatic carbocycles. The van der Waals surface area contributed by atoms with E-state index in [4.69, 9.17) is 4.74 Å². The minimum absolute atomic E-state index is 0.0716. The summed E-state index contributed by atoms with van der Waals surface area (Å²) in [7, 11) is 0. The number of nitrogens with one attached hydrogen (secondary N) is 1. The van der Waals surface area contributed by atoms with Crippen LogP contribution in [-0.4, -0.2) is 52.3 Å². The van der Waals surface area contributed by atoms with E-state index < -0.39 is 0 Å². The molecule has 6 nitrogen and oxygen atoms in total. The molecule has 3 heterocycles. The van der Waals surface area contributed by atoms with Crippen LogP contribution in [0.3, 0.4) is 0 Å². The van der Waals surface area contributed by atoms with E-state index in [1.165, 1.54) is 10.6 Å². The van der Waals surface area contributed by atoms with Gasteiger partial charge in [0.2, 0.25) is 0 Å². The summed E-state index contributed by atoms with van der Waals surface area (Å²) < 4.78 is 6.79. The summed E-state index contributed by atoms with van der Waals surface area (Å²) in [6.07, 6.45) is 0.821. The first-order valence-corrected chi connectivity index (χ1v) is 6.20. The Morgan fingerprint density at radius 1 is 1.33 bits per heavy atom. The zero-order chi connectivity index (χ0) is 12.4. The second-order valence-electron chi connectivity index (χ2n) is 4.43. The Morgan fingerprint density at radius 3 is 2.94 bits per heavy atom. The predicted octanol–water partition coefficient (Wildman–Crippen LogP) is -0.103. The third-order valence-corrected chi connectivity index (χ3v) is 3.19. The van der Waals surface area contributed by atoms with Crippen LogP contribution in [-0.2, 0) is 11.2 Å². The van der Waals surface area contributed by atoms with Crippen molar-refractivity contribution in [1.82, 2.24) is 19.5 Å². The summed E-state index contributed by atoms with van der Waals surface area (Å²) in [5.41, 5.74) is 0.608. The third-order valence-electron chi connectivity index (χ3n) is 3.19. The van der Waals surface area contributed by atoms with Gasteiger partial charge in [-0.1, -0.05) is 6.07 Å². The van der Waals surface area contributed by atoms with Crippen molar-refractivity contribution in [3.63, 3.8) is 0 Å². The lowest BCUT2D eigenvalue weighted by Crippen LogP contribution is -2.37. The zero-order valence-corrected chi connectivity index (χ0v) is 10.1. The average molecular weight is 248 g/mol. The molecule has 3 rings (SSSR count). The molecule has 0 saturated carbocycles. The standard InChI is InChI=1S/C12H16N4O2/c17-12-3-1-2-11-13-10(14-16(11)12)4-5-15-6-8-18-9-7-15/h1-3H,4-9H2,(H,13,14). The molecule has 0 bridgehead atoms. The van der Waals surface area contributed by atoms with Crippen LogP contribution in [0.1, 0.15) is 5.82 Å². The summed E-state index contributed by atoms with van der Waals surface area (Å²) in [6, 6.07) is 5.08. The van der Waals surface area contributed by atoms with Crippen molar-refractivity contribution in [2.75, 3.05) is 32.8 Å². The molecule has 0 unspecified atom stereocenters. The molecule has 18 heavy (non-hydrogen) atoms. The molecule has 0 aliphatic carbocycles. The maximum absolute atomic E-state index is 11.6. The minimum Gasteiger partial charge on any atom is -0.379 e. The molecule has 1 aliphatic rings. The van der Waals surface area contributed by atoms with E-state index in [2.05, 4.69) is 15.0 Å². The maximum Gasteiger partial charge on any atom is 0.271 e. The minimum atomic E-state index is -0.0716. The van der Waals surface area contributed by atoms with Gasteiger partial charge in [-0.3, -0.25) is 14.8 Å². The number of fused-ring (bicyclic) bond motifs is 1. The Labute approximate surface area is 104 Å². The molecule has 0 spiro atoms. The van der Waals surface area contributed by atoms with Gasteiger partial charge in [-0.2, -0.15) is 0 Å². The van der Waals surface area contributed by atoms with Crippen LogP contribution < -0.4 is 5.56 Å². The Balaban J connectivity index is 1.71. The summed E-state index contributed by atoms with van der Waals surface area (Å²) >= 11 is 0. The van der Waals surface area contributed by atoms with E-state index in [0.717, 1.165) is 45.1 Å². The van der Waals surface area contributed by atoms with Crippen molar-refractivity contribution in [3.05, 3.63) is 34.4 Å². The number of H-pyrrole nitrogens is 1. The number of morpholine rings is 1. The van der Waals surface area contributed by atoms with Crippen molar-refractivity contribution in [1.29, 1.82) is 0 Å². The van der Waals surface area contributed by atoms with Crippen LogP contribution in [0.25, 0.3) is 5.65 Å². The first kappa shape index (κ1) is 11.4. The van der Waals surface area contributed by atoms with E-state index in [9.17, 15) is 4.79 Å². The second kappa shape index (κ2) is 4.91. The van der Waals surface area contributed by atoms with Gasteiger partial charge in [-0.15, -0.1) is 0 Å². The highest BCUT2D eigenvalue weighted by atomic mass is 16.5. The fourth-order valence-electron chi connectivity index (χ4n) is 2.17. The van der Waals surface area contributed by atoms with Crippen molar-refractivity contribution in [3.8, 4) is 0 Å². The van der Waals surface area contributed by atoms with Crippen LogP contribution in [0.2, 0.25) is 0 Å². The van der Waals surface area contributed by atoms with Gasteiger partial charge >= 0.3 is 0 Å². The van der Waals surface area contributed by atoms with Gasteiger partial charge in [0, 0.05) is 32.1 Å². The van der Waals surface area contributed by atoms with Crippen molar-refractivity contribution < 1.29 is 4.74 Å². The van der Waals surface area contributed by atoms with Crippen molar-refractivity contribution in [2.45, 2.75) is 6.42 Å². The van der Waals surface area contributed by atoms with Crippen molar-refractivity contribution in [2.24, 2.45) is 0 Å². The van der Waals surface area contributed by atoms with Gasteiger partial charge in [-0.25, -0.2) is 9.50 Å². The molecular weight excluding hydrogens is 232 g/mol. The molecule has 6 heteroatoms. The lowest BCUT2D eigenvalue weighted by molar-refractivity contribution is 0.0382. The second-order valence-corrected chi connectivity index (χ2v) is 4.43. The average Bonchev–Trinajstić information content (AvgIpc) is 2.82. The first-order valence-electron chi connectivity index (χ1n) is 6.20. The largest absolute Gasteiger partial charge is 0.379 e. The summed E-state index contributed by atoms with van der Waals surface area (Å²) in [5, 5.41) is 3.04. The van der Waals surface area contributed by atoms with Gasteiger partial charge in [0.1, 0.15) is 5.82 Å². The number of nitrogens with zero attached hydrogens (tertiary/aromatic N) is 3. The molecule has 1 saturated heterocycles. The Bertz CT molecular complexity index is 583. The quantitative estimate of drug-likeness (QED) is 0.823. The van der Waals surface area contributed by atoms with Gasteiger partial charge in [0.05, 0.1) is 13.2 Å². The molecule has 2 aromatic heterocycles. The summed E-state index contributed by atoms with van der Waals surface area (Å²) in [5.74, 6) is 0.852. The molecule has 1 aliphatic heterocycles. The maximum atomic E-state index is 11.6. The highest BCUT2D eigenvalue weighted by molar-refractivity contribution is 5.36. The Hall–Kier alpha value is -1.66. The lowest BCUT2D eigenvalue weighted by atomic mass is 10.3. The smallest absolute Gasteiger partial charge is 0.271 e. The van der Waals surface area contributed by atoms with E-state index in [1.807, 2.05) is 6.07 Å². The number of hydrogen-bond donors (Lipinski definition) is 1. The molecule has 0 radical (unpaired) electrons. The van der Waals surface area contributed by atoms with Crippen LogP contribution in [0, 0.1) is 0 Å². The number of rotatable bonds is 3. The number of hydrogen-bond acceptors (Lipinski definition) is 4. The third kappa shape index (κ3) is 2.30. The van der Waals surface area contributed by atoms with Crippen LogP contribution >= 0.6 is 0 Å². The molecule has 96 valence electrons. The molecule has 2 aromatic rings. The van der Waals surface area contributed by atoms with Gasteiger partial charge < -0.3 is 4.74 Å². The SMILES string of the molecule is O=c1cccc2nc(CCN3CCOCC3)[nH]n12. The fraction of sp³-hybridized carbons (Fsp3) is 0.500. The molecular formula is C12H16N4O2. The van der Waals surface area contributed by atoms with Gasteiger partial charge in [0.25, 0.3) is 5.56 Å². The first-order chi connectivity index (χ1) is 8.83. The Kier molecular flexibility index (Phi) is 3.12. The number of aromatic amines is 1. The van der Waals surface area contributed by atoms with Gasteiger partial charge in [0.15, 0.2) is 5.65 Å².